The van der Waals surface area contributed by atoms with Gasteiger partial charge in [-0.3, -0.25) is 9.59 Å². The van der Waals surface area contributed by atoms with Crippen LogP contribution >= 0.6 is 0 Å². The number of hydrogen-bond acceptors (Lipinski definition) is 6. The molecule has 10 heteroatoms. The molecule has 1 heterocycles. The fourth-order valence-corrected chi connectivity index (χ4v) is 3.91. The number of nitrogens with zero attached hydrogens (tertiary/aromatic N) is 1. The predicted octanol–water partition coefficient (Wildman–Crippen LogP) is 0.523. The molecule has 1 fully saturated rings. The summed E-state index contributed by atoms with van der Waals surface area (Å²) in [6.07, 6.45) is 10.9. The Morgan fingerprint density at radius 2 is 1.29 bits per heavy atom. The molecule has 8 N–H and O–H groups in total. The van der Waals surface area contributed by atoms with Gasteiger partial charge < -0.3 is 37.4 Å². The largest absolute Gasteiger partial charge is 2.00 e. The molecule has 2 atom stereocenters. The molecule has 2 amide bonds. The van der Waals surface area contributed by atoms with Crippen molar-refractivity contribution in [3.63, 3.8) is 0 Å². The molecule has 0 aromatic carbocycles. The Balaban J connectivity index is 0. The summed E-state index contributed by atoms with van der Waals surface area (Å²) in [6, 6.07) is -1.05. The fourth-order valence-electron chi connectivity index (χ4n) is 3.91. The molecule has 1 aliphatic heterocycles. The van der Waals surface area contributed by atoms with Gasteiger partial charge >= 0.3 is 19.5 Å². The molecule has 1 aliphatic rings. The number of carbonyl (C=O) groups is 2. The first kappa shape index (κ1) is 35.5. The molecule has 0 unspecified atom stereocenters. The van der Waals surface area contributed by atoms with Crippen LogP contribution in [-0.4, -0.2) is 86.6 Å². The molecule has 0 bridgehead atoms. The zero-order valence-corrected chi connectivity index (χ0v) is 24.9. The van der Waals surface area contributed by atoms with Crippen molar-refractivity contribution in [2.45, 2.75) is 90.1 Å². The van der Waals surface area contributed by atoms with Gasteiger partial charge in [-0.15, -0.1) is 0 Å². The molecule has 0 saturated carbocycles. The summed E-state index contributed by atoms with van der Waals surface area (Å²) in [5, 5.41) is 13.1. The van der Waals surface area contributed by atoms with E-state index in [1.165, 1.54) is 38.5 Å². The minimum absolute atomic E-state index is 0. The number of rotatable bonds is 13. The average molecular weight is 538 g/mol. The van der Waals surface area contributed by atoms with Gasteiger partial charge in [0.25, 0.3) is 0 Å². The molecule has 0 aromatic heterocycles. The predicted molar refractivity (Wildman–Crippen MR) is 136 cm³/mol. The average Bonchev–Trinajstić information content (AvgIpc) is 2.79. The summed E-state index contributed by atoms with van der Waals surface area (Å²) in [5.74, 6) is -0.203. The number of amides is 2. The van der Waals surface area contributed by atoms with Crippen LogP contribution in [0, 0.1) is 0 Å². The van der Waals surface area contributed by atoms with Crippen LogP contribution in [0.2, 0.25) is 0 Å². The van der Waals surface area contributed by atoms with E-state index in [1.54, 1.807) is 0 Å². The van der Waals surface area contributed by atoms with E-state index < -0.39 is 12.1 Å². The summed E-state index contributed by atoms with van der Waals surface area (Å²) >= 11 is 0. The maximum Gasteiger partial charge on any atom is 2.00 e. The quantitative estimate of drug-likeness (QED) is 0.171. The van der Waals surface area contributed by atoms with Crippen molar-refractivity contribution in [1.29, 1.82) is 0 Å². The zero-order valence-electron chi connectivity index (χ0n) is 21.9. The van der Waals surface area contributed by atoms with Gasteiger partial charge in [0.2, 0.25) is 11.8 Å². The first-order valence-corrected chi connectivity index (χ1v) is 13.1. The maximum absolute atomic E-state index is 13.4. The summed E-state index contributed by atoms with van der Waals surface area (Å²) in [7, 11) is 0. The monoisotopic (exact) mass is 536 g/mol. The second-order valence-corrected chi connectivity index (χ2v) is 8.91. The maximum atomic E-state index is 13.4. The molecule has 0 aliphatic carbocycles. The summed E-state index contributed by atoms with van der Waals surface area (Å²) < 4.78 is 0. The van der Waals surface area contributed by atoms with Gasteiger partial charge in [0.1, 0.15) is 6.04 Å². The van der Waals surface area contributed by atoms with E-state index in [9.17, 15) is 9.59 Å². The summed E-state index contributed by atoms with van der Waals surface area (Å²) in [6.45, 7) is 10.5. The molecular formula is C24H52N6O3Zn+2. The van der Waals surface area contributed by atoms with Gasteiger partial charge in [-0.2, -0.15) is 0 Å². The van der Waals surface area contributed by atoms with Gasteiger partial charge in [-0.1, -0.05) is 65.2 Å². The second kappa shape index (κ2) is 24.1. The van der Waals surface area contributed by atoms with Crippen LogP contribution < -0.4 is 27.0 Å². The van der Waals surface area contributed by atoms with Gasteiger partial charge in [0.15, 0.2) is 0 Å². The zero-order chi connectivity index (χ0) is 23.4. The topological polar surface area (TPSA) is 143 Å². The van der Waals surface area contributed by atoms with Crippen molar-refractivity contribution >= 4 is 11.8 Å². The third-order valence-corrected chi connectivity index (χ3v) is 6.12. The number of nitrogens with two attached hydrogens (primary N) is 1. The van der Waals surface area contributed by atoms with E-state index in [1.807, 2.05) is 11.8 Å². The fraction of sp³-hybridized carbons (Fsp3) is 0.917. The first-order valence-electron chi connectivity index (χ1n) is 13.1. The van der Waals surface area contributed by atoms with Crippen LogP contribution in [0.25, 0.3) is 0 Å². The van der Waals surface area contributed by atoms with E-state index in [4.69, 9.17) is 5.73 Å². The van der Waals surface area contributed by atoms with E-state index in [0.29, 0.717) is 25.9 Å². The third-order valence-electron chi connectivity index (χ3n) is 6.12. The minimum Gasteiger partial charge on any atom is -0.412 e. The number of carbonyl (C=O) groups excluding carboxylic acids is 2. The number of unbranched alkanes of at least 4 members (excludes halogenated alkanes) is 7. The van der Waals surface area contributed by atoms with Gasteiger partial charge in [0.05, 0.1) is 6.04 Å². The van der Waals surface area contributed by atoms with Crippen LogP contribution in [0.4, 0.5) is 0 Å². The molecule has 0 spiro atoms. The first-order chi connectivity index (χ1) is 15.6. The van der Waals surface area contributed by atoms with Gasteiger partial charge in [-0.05, 0) is 12.8 Å². The van der Waals surface area contributed by atoms with E-state index in [2.05, 4.69) is 28.2 Å². The molecule has 1 saturated heterocycles. The number of nitrogens with one attached hydrogen (secondary N) is 4. The van der Waals surface area contributed by atoms with Crippen LogP contribution in [0.15, 0.2) is 0 Å². The van der Waals surface area contributed by atoms with Crippen molar-refractivity contribution in [2.24, 2.45) is 5.73 Å². The molecule has 0 aromatic rings. The second-order valence-electron chi connectivity index (χ2n) is 8.91. The minimum atomic E-state index is -0.564. The van der Waals surface area contributed by atoms with Crippen LogP contribution in [0.3, 0.4) is 0 Å². The molecule has 196 valence electrons. The smallest absolute Gasteiger partial charge is 0.412 e. The molecule has 0 radical (unpaired) electrons. The third kappa shape index (κ3) is 16.9. The van der Waals surface area contributed by atoms with Crippen molar-refractivity contribution < 1.29 is 34.5 Å². The normalized spacial score (nSPS) is 17.2. The van der Waals surface area contributed by atoms with Gasteiger partial charge in [-0.25, -0.2) is 0 Å². The number of hydrogen-bond donors (Lipinski definition) is 5. The summed E-state index contributed by atoms with van der Waals surface area (Å²) in [5.41, 5.74) is 5.93. The Morgan fingerprint density at radius 1 is 0.824 bits per heavy atom. The van der Waals surface area contributed by atoms with E-state index in [0.717, 1.165) is 52.1 Å². The standard InChI is InChI=1S/C24H50N6O2.H2O.Zn/c1-3-5-6-7-8-9-10-11-12-22(29-23(31)21(25)4-2)24(32)30-19-17-27-15-13-26-14-16-28-18-20-30;;/h21-22,26-28H,3-20,25H2,1-2H3,(H,29,31);1H2;/q;;+2/t21-,22-;;/m0../s1. The van der Waals surface area contributed by atoms with E-state index >= 15 is 0 Å². The summed E-state index contributed by atoms with van der Waals surface area (Å²) in [4.78, 5) is 27.8. The molecular weight excluding hydrogens is 486 g/mol. The molecule has 34 heavy (non-hydrogen) atoms. The van der Waals surface area contributed by atoms with E-state index in [-0.39, 0.29) is 36.8 Å². The molecule has 1 rings (SSSR count). The van der Waals surface area contributed by atoms with Gasteiger partial charge in [0, 0.05) is 52.4 Å². The Hall–Kier alpha value is -0.637. The Morgan fingerprint density at radius 3 is 1.79 bits per heavy atom. The van der Waals surface area contributed by atoms with Crippen molar-refractivity contribution in [2.75, 3.05) is 52.4 Å². The van der Waals surface area contributed by atoms with Crippen molar-refractivity contribution in [3.05, 3.63) is 0 Å². The van der Waals surface area contributed by atoms with Crippen molar-refractivity contribution in [1.82, 2.24) is 26.2 Å². The molecule has 9 nitrogen and oxygen atoms in total. The Labute approximate surface area is 220 Å². The SMILES string of the molecule is CCCCCCCCCC[C@H](NC(=O)[C@@H](N)CC)C(=O)N1CCNCCNCCNCC1.O.[Zn+2]. The Kier molecular flexibility index (Phi) is 25.2. The van der Waals surface area contributed by atoms with Crippen molar-refractivity contribution in [3.8, 4) is 0 Å². The Bertz CT molecular complexity index is 489. The van der Waals surface area contributed by atoms with Crippen LogP contribution in [-0.2, 0) is 29.1 Å². The van der Waals surface area contributed by atoms with Crippen LogP contribution in [0.5, 0.6) is 0 Å². The van der Waals surface area contributed by atoms with Crippen LogP contribution in [0.1, 0.15) is 78.1 Å².